The van der Waals surface area contributed by atoms with Crippen molar-refractivity contribution in [2.45, 2.75) is 13.0 Å². The first-order chi connectivity index (χ1) is 12.6. The molecule has 8 heteroatoms. The molecule has 4 rings (SSSR count). The van der Waals surface area contributed by atoms with Crippen molar-refractivity contribution in [2.75, 3.05) is 0 Å². The second-order valence-electron chi connectivity index (χ2n) is 5.79. The van der Waals surface area contributed by atoms with Gasteiger partial charge in [0.15, 0.2) is 4.96 Å². The number of aromatic nitrogens is 4. The van der Waals surface area contributed by atoms with Crippen molar-refractivity contribution in [1.82, 2.24) is 24.3 Å². The molecule has 4 aromatic rings. The SMILES string of the molecule is CC(NC(=O)c1cnc2sccn2c1=O)c1ccc(-n2ccnc2)cc1. The highest BCUT2D eigenvalue weighted by Gasteiger charge is 2.16. The van der Waals surface area contributed by atoms with Crippen molar-refractivity contribution >= 4 is 22.2 Å². The quantitative estimate of drug-likeness (QED) is 0.602. The summed E-state index contributed by atoms with van der Waals surface area (Å²) in [5.41, 5.74) is 1.58. The normalized spacial score (nSPS) is 12.2. The van der Waals surface area contributed by atoms with Gasteiger partial charge in [0.05, 0.1) is 12.4 Å². The van der Waals surface area contributed by atoms with Gasteiger partial charge in [-0.15, -0.1) is 11.3 Å². The topological polar surface area (TPSA) is 81.3 Å². The van der Waals surface area contributed by atoms with E-state index in [1.807, 2.05) is 42.0 Å². The number of carbonyl (C=O) groups is 1. The number of imidazole rings is 1. The lowest BCUT2D eigenvalue weighted by Gasteiger charge is -2.15. The maximum Gasteiger partial charge on any atom is 0.271 e. The summed E-state index contributed by atoms with van der Waals surface area (Å²) in [4.78, 5) is 33.6. The van der Waals surface area contributed by atoms with Gasteiger partial charge in [-0.05, 0) is 24.6 Å². The molecule has 0 aliphatic heterocycles. The molecule has 26 heavy (non-hydrogen) atoms. The van der Waals surface area contributed by atoms with Gasteiger partial charge < -0.3 is 9.88 Å². The van der Waals surface area contributed by atoms with E-state index in [-0.39, 0.29) is 17.2 Å². The summed E-state index contributed by atoms with van der Waals surface area (Å²) in [6, 6.07) is 7.53. The molecule has 0 saturated heterocycles. The fraction of sp³-hybridized carbons (Fsp3) is 0.111. The van der Waals surface area contributed by atoms with E-state index < -0.39 is 5.91 Å². The molecule has 0 saturated carbocycles. The van der Waals surface area contributed by atoms with E-state index in [0.29, 0.717) is 4.96 Å². The minimum absolute atomic E-state index is 0.0304. The maximum absolute atomic E-state index is 12.5. The lowest BCUT2D eigenvalue weighted by molar-refractivity contribution is 0.0938. The Balaban J connectivity index is 1.53. The van der Waals surface area contributed by atoms with Crippen LogP contribution in [0.4, 0.5) is 0 Å². The Morgan fingerprint density at radius 1 is 1.23 bits per heavy atom. The molecule has 1 amide bonds. The predicted molar refractivity (Wildman–Crippen MR) is 98.8 cm³/mol. The highest BCUT2D eigenvalue weighted by molar-refractivity contribution is 7.15. The van der Waals surface area contributed by atoms with E-state index in [0.717, 1.165) is 11.3 Å². The number of hydrogen-bond donors (Lipinski definition) is 1. The van der Waals surface area contributed by atoms with E-state index in [4.69, 9.17) is 0 Å². The van der Waals surface area contributed by atoms with Gasteiger partial charge in [0.2, 0.25) is 0 Å². The molecule has 0 bridgehead atoms. The second kappa shape index (κ2) is 6.57. The van der Waals surface area contributed by atoms with Crippen LogP contribution < -0.4 is 10.9 Å². The van der Waals surface area contributed by atoms with Gasteiger partial charge in [-0.2, -0.15) is 0 Å². The Morgan fingerprint density at radius 3 is 2.77 bits per heavy atom. The molecule has 130 valence electrons. The Morgan fingerprint density at radius 2 is 2.04 bits per heavy atom. The minimum atomic E-state index is -0.436. The second-order valence-corrected chi connectivity index (χ2v) is 6.66. The summed E-state index contributed by atoms with van der Waals surface area (Å²) in [7, 11) is 0. The van der Waals surface area contributed by atoms with Crippen molar-refractivity contribution in [3.05, 3.63) is 82.2 Å². The molecule has 1 N–H and O–H groups in total. The summed E-state index contributed by atoms with van der Waals surface area (Å²) in [5, 5.41) is 4.62. The highest BCUT2D eigenvalue weighted by atomic mass is 32.1. The lowest BCUT2D eigenvalue weighted by atomic mass is 10.1. The molecule has 1 unspecified atom stereocenters. The van der Waals surface area contributed by atoms with Gasteiger partial charge in [0.1, 0.15) is 5.56 Å². The monoisotopic (exact) mass is 365 g/mol. The molecule has 1 aromatic carbocycles. The van der Waals surface area contributed by atoms with Crippen LogP contribution in [0.2, 0.25) is 0 Å². The van der Waals surface area contributed by atoms with Gasteiger partial charge in [0, 0.05) is 35.9 Å². The van der Waals surface area contributed by atoms with Gasteiger partial charge in [-0.3, -0.25) is 14.0 Å². The molecule has 0 radical (unpaired) electrons. The Bertz CT molecular complexity index is 1110. The Hall–Kier alpha value is -3.26. The van der Waals surface area contributed by atoms with Crippen LogP contribution in [-0.2, 0) is 0 Å². The zero-order chi connectivity index (χ0) is 18.1. The van der Waals surface area contributed by atoms with Gasteiger partial charge in [-0.25, -0.2) is 9.97 Å². The molecule has 1 atom stereocenters. The van der Waals surface area contributed by atoms with Crippen LogP contribution in [-0.4, -0.2) is 24.8 Å². The molecular formula is C18H15N5O2S. The van der Waals surface area contributed by atoms with Crippen molar-refractivity contribution in [2.24, 2.45) is 0 Å². The number of nitrogens with one attached hydrogen (secondary N) is 1. The highest BCUT2D eigenvalue weighted by Crippen LogP contribution is 2.16. The standard InChI is InChI=1S/C18H15N5O2S/c1-12(13-2-4-14(5-3-13)22-7-6-19-11-22)21-16(24)15-10-20-18-23(17(15)25)8-9-26-18/h2-12H,1H3,(H,21,24). The largest absolute Gasteiger partial charge is 0.345 e. The number of carbonyl (C=O) groups excluding carboxylic acids is 1. The van der Waals surface area contributed by atoms with Crippen LogP contribution in [0.25, 0.3) is 10.6 Å². The number of hydrogen-bond acceptors (Lipinski definition) is 5. The average Bonchev–Trinajstić information content (AvgIpc) is 3.34. The number of amides is 1. The first-order valence-electron chi connectivity index (χ1n) is 7.97. The first kappa shape index (κ1) is 16.2. The molecule has 0 spiro atoms. The van der Waals surface area contributed by atoms with Crippen LogP contribution in [0.1, 0.15) is 28.9 Å². The van der Waals surface area contributed by atoms with E-state index >= 15 is 0 Å². The number of benzene rings is 1. The lowest BCUT2D eigenvalue weighted by Crippen LogP contribution is -2.32. The van der Waals surface area contributed by atoms with E-state index in [1.165, 1.54) is 21.9 Å². The first-order valence-corrected chi connectivity index (χ1v) is 8.85. The predicted octanol–water partition coefficient (Wildman–Crippen LogP) is 2.43. The van der Waals surface area contributed by atoms with Crippen LogP contribution in [0, 0.1) is 0 Å². The van der Waals surface area contributed by atoms with E-state index in [2.05, 4.69) is 15.3 Å². The number of thiazole rings is 1. The van der Waals surface area contributed by atoms with Crippen LogP contribution in [0.15, 0.2) is 65.6 Å². The Kier molecular flexibility index (Phi) is 4.10. The Labute approximate surface area is 152 Å². The van der Waals surface area contributed by atoms with Crippen LogP contribution in [0.5, 0.6) is 0 Å². The smallest absolute Gasteiger partial charge is 0.271 e. The molecular weight excluding hydrogens is 350 g/mol. The number of fused-ring (bicyclic) bond motifs is 1. The van der Waals surface area contributed by atoms with Crippen LogP contribution in [0.3, 0.4) is 0 Å². The number of nitrogens with zero attached hydrogens (tertiary/aromatic N) is 4. The zero-order valence-electron chi connectivity index (χ0n) is 13.9. The molecule has 0 aliphatic rings. The molecule has 0 fully saturated rings. The van der Waals surface area contributed by atoms with E-state index in [9.17, 15) is 9.59 Å². The van der Waals surface area contributed by atoms with Gasteiger partial charge in [0.25, 0.3) is 11.5 Å². The fourth-order valence-corrected chi connectivity index (χ4v) is 3.36. The molecule has 3 heterocycles. The summed E-state index contributed by atoms with van der Waals surface area (Å²) in [6.45, 7) is 1.87. The summed E-state index contributed by atoms with van der Waals surface area (Å²) in [5.74, 6) is -0.436. The van der Waals surface area contributed by atoms with E-state index in [1.54, 1.807) is 24.1 Å². The number of rotatable bonds is 4. The molecule has 0 aliphatic carbocycles. The fourth-order valence-electron chi connectivity index (χ4n) is 2.69. The zero-order valence-corrected chi connectivity index (χ0v) is 14.7. The van der Waals surface area contributed by atoms with Crippen molar-refractivity contribution < 1.29 is 4.79 Å². The minimum Gasteiger partial charge on any atom is -0.345 e. The van der Waals surface area contributed by atoms with Gasteiger partial charge in [-0.1, -0.05) is 12.1 Å². The summed E-state index contributed by atoms with van der Waals surface area (Å²) >= 11 is 1.35. The van der Waals surface area contributed by atoms with Crippen molar-refractivity contribution in [1.29, 1.82) is 0 Å². The third-order valence-electron chi connectivity index (χ3n) is 4.13. The van der Waals surface area contributed by atoms with Crippen LogP contribution >= 0.6 is 11.3 Å². The maximum atomic E-state index is 12.5. The average molecular weight is 365 g/mol. The van der Waals surface area contributed by atoms with Gasteiger partial charge >= 0.3 is 0 Å². The summed E-state index contributed by atoms with van der Waals surface area (Å²) in [6.07, 6.45) is 8.25. The third kappa shape index (κ3) is 2.91. The summed E-state index contributed by atoms with van der Waals surface area (Å²) < 4.78 is 3.28. The van der Waals surface area contributed by atoms with Crippen molar-refractivity contribution in [3.8, 4) is 5.69 Å². The third-order valence-corrected chi connectivity index (χ3v) is 4.90. The molecule has 7 nitrogen and oxygen atoms in total. The molecule has 3 aromatic heterocycles. The van der Waals surface area contributed by atoms with Crippen molar-refractivity contribution in [3.63, 3.8) is 0 Å².